The quantitative estimate of drug-likeness (QED) is 0.728. The normalized spacial score (nSPS) is 24.4. The van der Waals surface area contributed by atoms with Crippen molar-refractivity contribution >= 4 is 5.97 Å². The van der Waals surface area contributed by atoms with Crippen molar-refractivity contribution in [3.63, 3.8) is 0 Å². The summed E-state index contributed by atoms with van der Waals surface area (Å²) >= 11 is 0. The zero-order valence-corrected chi connectivity index (χ0v) is 12.6. The summed E-state index contributed by atoms with van der Waals surface area (Å²) in [5, 5.41) is 2.93. The molecule has 2 unspecified atom stereocenters. The lowest BCUT2D eigenvalue weighted by atomic mass is 9.89. The van der Waals surface area contributed by atoms with E-state index in [4.69, 9.17) is 0 Å². The highest BCUT2D eigenvalue weighted by molar-refractivity contribution is 5.69. The molecular formula is C14H26F2N2O2. The van der Waals surface area contributed by atoms with E-state index in [1.807, 2.05) is 0 Å². The van der Waals surface area contributed by atoms with Crippen LogP contribution in [0.1, 0.15) is 33.1 Å². The first-order chi connectivity index (χ1) is 9.42. The fourth-order valence-corrected chi connectivity index (χ4v) is 2.70. The van der Waals surface area contributed by atoms with Gasteiger partial charge in [0, 0.05) is 31.6 Å². The molecule has 0 radical (unpaired) electrons. The first-order valence-corrected chi connectivity index (χ1v) is 7.24. The number of likely N-dealkylation sites (tertiary alicyclic amines) is 1. The highest BCUT2D eigenvalue weighted by Gasteiger charge is 2.29. The number of ether oxygens (including phenoxy) is 1. The van der Waals surface area contributed by atoms with Crippen LogP contribution in [0.2, 0.25) is 0 Å². The molecule has 0 amide bonds. The molecule has 1 heterocycles. The van der Waals surface area contributed by atoms with Crippen LogP contribution in [0.5, 0.6) is 0 Å². The molecule has 1 N–H and O–H groups in total. The Bertz CT molecular complexity index is 301. The van der Waals surface area contributed by atoms with Crippen LogP contribution in [-0.4, -0.2) is 56.1 Å². The number of carbonyl (C=O) groups excluding carboxylic acids is 1. The van der Waals surface area contributed by atoms with Gasteiger partial charge >= 0.3 is 5.97 Å². The van der Waals surface area contributed by atoms with Crippen LogP contribution in [0.4, 0.5) is 8.78 Å². The third kappa shape index (κ3) is 6.13. The highest BCUT2D eigenvalue weighted by Crippen LogP contribution is 2.23. The second-order valence-electron chi connectivity index (χ2n) is 5.76. The number of carbonyl (C=O) groups is 1. The van der Waals surface area contributed by atoms with Gasteiger partial charge in [0.2, 0.25) is 0 Å². The number of hydrogen-bond donors (Lipinski definition) is 1. The number of rotatable bonds is 7. The lowest BCUT2D eigenvalue weighted by molar-refractivity contribution is -0.141. The molecule has 0 bridgehead atoms. The van der Waals surface area contributed by atoms with Crippen molar-refractivity contribution < 1.29 is 18.3 Å². The number of halogens is 2. The monoisotopic (exact) mass is 292 g/mol. The van der Waals surface area contributed by atoms with Gasteiger partial charge in [-0.05, 0) is 32.6 Å². The predicted octanol–water partition coefficient (Wildman–Crippen LogP) is 1.89. The number of nitrogens with one attached hydrogen (secondary N) is 1. The molecule has 1 saturated heterocycles. The molecule has 4 nitrogen and oxygen atoms in total. The van der Waals surface area contributed by atoms with Crippen LogP contribution in [0.25, 0.3) is 0 Å². The molecule has 20 heavy (non-hydrogen) atoms. The largest absolute Gasteiger partial charge is 0.469 e. The molecule has 0 aromatic rings. The van der Waals surface area contributed by atoms with E-state index in [0.29, 0.717) is 18.4 Å². The Kier molecular flexibility index (Phi) is 7.37. The lowest BCUT2D eigenvalue weighted by Gasteiger charge is -2.40. The standard InChI is InChI=1S/C14H26F2N2O2/c1-10(2)18-8-11(4-5-14(19)20-3)6-12(9-18)17-7-13(15)16/h10-13,17H,4-9H2,1-3H3. The molecule has 0 aliphatic carbocycles. The maximum absolute atomic E-state index is 12.3. The van der Waals surface area contributed by atoms with Crippen molar-refractivity contribution in [2.75, 3.05) is 26.7 Å². The Morgan fingerprint density at radius 2 is 2.10 bits per heavy atom. The number of methoxy groups -OCH3 is 1. The van der Waals surface area contributed by atoms with E-state index in [0.717, 1.165) is 25.9 Å². The zero-order valence-electron chi connectivity index (χ0n) is 12.6. The molecule has 1 fully saturated rings. The van der Waals surface area contributed by atoms with E-state index in [-0.39, 0.29) is 18.6 Å². The summed E-state index contributed by atoms with van der Waals surface area (Å²) in [6, 6.07) is 0.453. The Hall–Kier alpha value is -0.750. The molecule has 0 aromatic carbocycles. The minimum atomic E-state index is -2.32. The van der Waals surface area contributed by atoms with Crippen molar-refractivity contribution in [2.45, 2.75) is 51.6 Å². The van der Waals surface area contributed by atoms with Gasteiger partial charge in [-0.2, -0.15) is 0 Å². The van der Waals surface area contributed by atoms with E-state index < -0.39 is 6.43 Å². The second-order valence-corrected chi connectivity index (χ2v) is 5.76. The SMILES string of the molecule is COC(=O)CCC1CC(NCC(F)F)CN(C(C)C)C1. The molecule has 0 spiro atoms. The Morgan fingerprint density at radius 1 is 1.40 bits per heavy atom. The van der Waals surface area contributed by atoms with Gasteiger partial charge in [-0.15, -0.1) is 0 Å². The van der Waals surface area contributed by atoms with Crippen molar-refractivity contribution in [1.82, 2.24) is 10.2 Å². The third-order valence-corrected chi connectivity index (χ3v) is 3.84. The number of hydrogen-bond acceptors (Lipinski definition) is 4. The zero-order chi connectivity index (χ0) is 15.1. The first-order valence-electron chi connectivity index (χ1n) is 7.24. The summed E-state index contributed by atoms with van der Waals surface area (Å²) in [6.45, 7) is 5.65. The summed E-state index contributed by atoms with van der Waals surface area (Å²) in [7, 11) is 1.39. The van der Waals surface area contributed by atoms with Crippen molar-refractivity contribution in [3.8, 4) is 0 Å². The van der Waals surface area contributed by atoms with Gasteiger partial charge in [0.15, 0.2) is 0 Å². The second kappa shape index (κ2) is 8.52. The van der Waals surface area contributed by atoms with Gasteiger partial charge < -0.3 is 10.1 Å². The molecule has 1 aliphatic heterocycles. The van der Waals surface area contributed by atoms with Gasteiger partial charge in [0.1, 0.15) is 0 Å². The van der Waals surface area contributed by atoms with Gasteiger partial charge in [0.05, 0.1) is 13.7 Å². The minimum Gasteiger partial charge on any atom is -0.469 e. The van der Waals surface area contributed by atoms with Crippen molar-refractivity contribution in [1.29, 1.82) is 0 Å². The van der Waals surface area contributed by atoms with Gasteiger partial charge in [-0.3, -0.25) is 9.69 Å². The van der Waals surface area contributed by atoms with Crippen LogP contribution < -0.4 is 5.32 Å². The number of nitrogens with zero attached hydrogens (tertiary/aromatic N) is 1. The van der Waals surface area contributed by atoms with Gasteiger partial charge in [0.25, 0.3) is 6.43 Å². The molecule has 1 rings (SSSR count). The van der Waals surface area contributed by atoms with Crippen LogP contribution in [0.15, 0.2) is 0 Å². The molecule has 2 atom stereocenters. The van der Waals surface area contributed by atoms with Gasteiger partial charge in [-0.25, -0.2) is 8.78 Å². The summed E-state index contributed by atoms with van der Waals surface area (Å²) < 4.78 is 29.3. The van der Waals surface area contributed by atoms with Gasteiger partial charge in [-0.1, -0.05) is 0 Å². The summed E-state index contributed by atoms with van der Waals surface area (Å²) in [5.41, 5.74) is 0. The molecule has 6 heteroatoms. The average Bonchev–Trinajstić information content (AvgIpc) is 2.42. The Morgan fingerprint density at radius 3 is 2.65 bits per heavy atom. The van der Waals surface area contributed by atoms with Crippen LogP contribution >= 0.6 is 0 Å². The van der Waals surface area contributed by atoms with Crippen LogP contribution in [0, 0.1) is 5.92 Å². The maximum atomic E-state index is 12.3. The summed E-state index contributed by atoms with van der Waals surface area (Å²) in [6.07, 6.45) is -0.331. The fraction of sp³-hybridized carbons (Fsp3) is 0.929. The number of alkyl halides is 2. The van der Waals surface area contributed by atoms with Crippen LogP contribution in [0.3, 0.4) is 0 Å². The lowest BCUT2D eigenvalue weighted by Crippen LogP contribution is -2.52. The maximum Gasteiger partial charge on any atom is 0.305 e. The van der Waals surface area contributed by atoms with E-state index in [9.17, 15) is 13.6 Å². The third-order valence-electron chi connectivity index (χ3n) is 3.84. The van der Waals surface area contributed by atoms with E-state index >= 15 is 0 Å². The average molecular weight is 292 g/mol. The predicted molar refractivity (Wildman–Crippen MR) is 73.9 cm³/mol. The van der Waals surface area contributed by atoms with E-state index in [1.165, 1.54) is 7.11 Å². The van der Waals surface area contributed by atoms with Crippen LogP contribution in [-0.2, 0) is 9.53 Å². The molecule has 0 aromatic heterocycles. The first kappa shape index (κ1) is 17.3. The minimum absolute atomic E-state index is 0.0720. The number of esters is 1. The molecule has 1 aliphatic rings. The fourth-order valence-electron chi connectivity index (χ4n) is 2.70. The highest BCUT2D eigenvalue weighted by atomic mass is 19.3. The summed E-state index contributed by atoms with van der Waals surface area (Å²) in [5.74, 6) is 0.143. The van der Waals surface area contributed by atoms with E-state index in [1.54, 1.807) is 0 Å². The van der Waals surface area contributed by atoms with Crippen molar-refractivity contribution in [3.05, 3.63) is 0 Å². The topological polar surface area (TPSA) is 41.6 Å². The molecular weight excluding hydrogens is 266 g/mol. The Labute approximate surface area is 119 Å². The summed E-state index contributed by atoms with van der Waals surface area (Å²) in [4.78, 5) is 13.5. The molecule has 118 valence electrons. The number of piperidine rings is 1. The van der Waals surface area contributed by atoms with Crippen molar-refractivity contribution in [2.24, 2.45) is 5.92 Å². The smallest absolute Gasteiger partial charge is 0.305 e. The van der Waals surface area contributed by atoms with E-state index in [2.05, 4.69) is 28.8 Å². The Balaban J connectivity index is 2.49. The molecule has 0 saturated carbocycles.